The van der Waals surface area contributed by atoms with Crippen LogP contribution >= 0.6 is 7.82 Å². The fourth-order valence-electron chi connectivity index (χ4n) is 3.59. The van der Waals surface area contributed by atoms with Crippen LogP contribution < -0.4 is 0 Å². The lowest BCUT2D eigenvalue weighted by Gasteiger charge is -2.24. The van der Waals surface area contributed by atoms with Crippen molar-refractivity contribution in [2.75, 3.05) is 47.5 Å². The molecule has 1 unspecified atom stereocenters. The van der Waals surface area contributed by atoms with Crippen LogP contribution in [0.3, 0.4) is 0 Å². The maximum atomic E-state index is 12.4. The summed E-state index contributed by atoms with van der Waals surface area (Å²) in [5.74, 6) is -0.842. The van der Waals surface area contributed by atoms with Crippen molar-refractivity contribution in [1.29, 1.82) is 0 Å². The average molecular weight is 579 g/mol. The maximum Gasteiger partial charge on any atom is 0.472 e. The van der Waals surface area contributed by atoms with E-state index in [-0.39, 0.29) is 26.1 Å². The second kappa shape index (κ2) is 23.5. The van der Waals surface area contributed by atoms with Gasteiger partial charge in [0.15, 0.2) is 6.10 Å². The van der Waals surface area contributed by atoms with Gasteiger partial charge in [-0.1, -0.05) is 70.9 Å². The minimum atomic E-state index is -4.34. The van der Waals surface area contributed by atoms with Crippen LogP contribution in [0.5, 0.6) is 0 Å². The molecule has 10 heteroatoms. The predicted octanol–water partition coefficient (Wildman–Crippen LogP) is 6.73. The molecule has 2 atom stereocenters. The zero-order valence-electron chi connectivity index (χ0n) is 25.4. The van der Waals surface area contributed by atoms with Crippen LogP contribution in [0.4, 0.5) is 0 Å². The molecule has 0 aliphatic heterocycles. The molecule has 0 radical (unpaired) electrons. The molecule has 0 aliphatic carbocycles. The van der Waals surface area contributed by atoms with Gasteiger partial charge in [-0.05, 0) is 38.5 Å². The topological polar surface area (TPSA) is 108 Å². The zero-order valence-corrected chi connectivity index (χ0v) is 26.3. The van der Waals surface area contributed by atoms with Crippen LogP contribution in [0.25, 0.3) is 0 Å². The minimum absolute atomic E-state index is 0.0311. The molecule has 0 fully saturated rings. The third kappa shape index (κ3) is 26.7. The van der Waals surface area contributed by atoms with Crippen molar-refractivity contribution in [3.05, 3.63) is 12.2 Å². The van der Waals surface area contributed by atoms with E-state index in [1.54, 1.807) is 0 Å². The summed E-state index contributed by atoms with van der Waals surface area (Å²) in [6.07, 6.45) is 17.7. The lowest BCUT2D eigenvalue weighted by atomic mass is 10.1. The van der Waals surface area contributed by atoms with Gasteiger partial charge >= 0.3 is 19.8 Å². The number of rotatable bonds is 26. The highest BCUT2D eigenvalue weighted by atomic mass is 31.2. The Morgan fingerprint density at radius 3 is 1.95 bits per heavy atom. The smallest absolute Gasteiger partial charge is 0.462 e. The molecule has 230 valence electrons. The standard InChI is InChI=1S/C29H56NO8P/c1-6-8-10-11-12-13-14-15-16-17-18-20-22-29(32)38-27(25-35-28(31)21-19-9-7-2)26-37-39(33,34)36-24-23-30(3,4)5/h12-13,27H,6-11,14-26H2,1-5H3/p+1/b13-12+/t27-/m1/s1. The first-order chi connectivity index (χ1) is 18.5. The number of phosphoric acid groups is 1. The monoisotopic (exact) mass is 578 g/mol. The van der Waals surface area contributed by atoms with Gasteiger partial charge in [0.05, 0.1) is 27.7 Å². The molecular formula is C29H57NO8P+. The molecule has 0 saturated carbocycles. The van der Waals surface area contributed by atoms with Gasteiger partial charge in [0.1, 0.15) is 19.8 Å². The third-order valence-electron chi connectivity index (χ3n) is 6.05. The molecule has 0 bridgehead atoms. The van der Waals surface area contributed by atoms with Gasteiger partial charge in [-0.2, -0.15) is 0 Å². The van der Waals surface area contributed by atoms with E-state index in [2.05, 4.69) is 19.1 Å². The molecule has 1 N–H and O–H groups in total. The minimum Gasteiger partial charge on any atom is -0.462 e. The maximum absolute atomic E-state index is 12.4. The SMILES string of the molecule is CCCCC/C=C/CCCCCCCC(=O)O[C@H](COC(=O)CCCCC)COP(=O)(O)OCC[N+](C)(C)C. The van der Waals surface area contributed by atoms with Gasteiger partial charge in [-0.15, -0.1) is 0 Å². The lowest BCUT2D eigenvalue weighted by Crippen LogP contribution is -2.37. The van der Waals surface area contributed by atoms with Crippen molar-refractivity contribution in [3.8, 4) is 0 Å². The van der Waals surface area contributed by atoms with E-state index in [4.69, 9.17) is 18.5 Å². The van der Waals surface area contributed by atoms with Gasteiger partial charge < -0.3 is 18.9 Å². The van der Waals surface area contributed by atoms with Crippen LogP contribution in [-0.2, 0) is 32.7 Å². The largest absolute Gasteiger partial charge is 0.472 e. The molecule has 0 rings (SSSR count). The number of carbonyl (C=O) groups is 2. The van der Waals surface area contributed by atoms with E-state index in [0.29, 0.717) is 17.4 Å². The normalized spacial score (nSPS) is 14.3. The van der Waals surface area contributed by atoms with E-state index < -0.39 is 32.5 Å². The number of allylic oxidation sites excluding steroid dienone is 2. The summed E-state index contributed by atoms with van der Waals surface area (Å²) in [4.78, 5) is 34.4. The highest BCUT2D eigenvalue weighted by molar-refractivity contribution is 7.47. The van der Waals surface area contributed by atoms with Crippen LogP contribution in [0.1, 0.15) is 110 Å². The summed E-state index contributed by atoms with van der Waals surface area (Å²) >= 11 is 0. The summed E-state index contributed by atoms with van der Waals surface area (Å²) in [5, 5.41) is 0. The number of esters is 2. The number of quaternary nitrogens is 1. The summed E-state index contributed by atoms with van der Waals surface area (Å²) in [6, 6.07) is 0. The summed E-state index contributed by atoms with van der Waals surface area (Å²) < 4.78 is 33.6. The highest BCUT2D eigenvalue weighted by Gasteiger charge is 2.27. The zero-order chi connectivity index (χ0) is 29.4. The fourth-order valence-corrected chi connectivity index (χ4v) is 4.33. The predicted molar refractivity (Wildman–Crippen MR) is 155 cm³/mol. The van der Waals surface area contributed by atoms with Crippen LogP contribution in [0.2, 0.25) is 0 Å². The quantitative estimate of drug-likeness (QED) is 0.0396. The van der Waals surface area contributed by atoms with E-state index >= 15 is 0 Å². The lowest BCUT2D eigenvalue weighted by molar-refractivity contribution is -0.870. The third-order valence-corrected chi connectivity index (χ3v) is 7.03. The second-order valence-corrected chi connectivity index (χ2v) is 12.6. The Kier molecular flexibility index (Phi) is 22.7. The Hall–Kier alpha value is -1.25. The van der Waals surface area contributed by atoms with E-state index in [1.807, 2.05) is 28.1 Å². The molecule has 39 heavy (non-hydrogen) atoms. The molecule has 0 amide bonds. The Morgan fingerprint density at radius 1 is 0.769 bits per heavy atom. The van der Waals surface area contributed by atoms with Gasteiger partial charge in [0, 0.05) is 12.8 Å². The molecule has 0 aliphatic rings. The molecular weight excluding hydrogens is 521 g/mol. The Bertz CT molecular complexity index is 708. The Labute approximate surface area is 237 Å². The molecule has 0 aromatic carbocycles. The summed E-state index contributed by atoms with van der Waals surface area (Å²) in [5.41, 5.74) is 0. The van der Waals surface area contributed by atoms with Crippen molar-refractivity contribution in [1.82, 2.24) is 0 Å². The average Bonchev–Trinajstić information content (AvgIpc) is 2.85. The van der Waals surface area contributed by atoms with Gasteiger partial charge in [0.25, 0.3) is 0 Å². The number of phosphoric ester groups is 1. The number of hydrogen-bond donors (Lipinski definition) is 1. The van der Waals surface area contributed by atoms with Gasteiger partial charge in [-0.3, -0.25) is 18.6 Å². The molecule has 0 saturated heterocycles. The molecule has 0 spiro atoms. The Morgan fingerprint density at radius 2 is 1.31 bits per heavy atom. The van der Waals surface area contributed by atoms with E-state index in [1.165, 1.54) is 25.7 Å². The number of carbonyl (C=O) groups excluding carboxylic acids is 2. The van der Waals surface area contributed by atoms with E-state index in [0.717, 1.165) is 51.4 Å². The molecule has 0 heterocycles. The van der Waals surface area contributed by atoms with Crippen molar-refractivity contribution in [2.24, 2.45) is 0 Å². The number of hydrogen-bond acceptors (Lipinski definition) is 7. The number of unbranched alkanes of at least 4 members (excludes halogenated alkanes) is 10. The molecule has 0 aromatic rings. The first kappa shape index (κ1) is 37.8. The van der Waals surface area contributed by atoms with Gasteiger partial charge in [0.2, 0.25) is 0 Å². The van der Waals surface area contributed by atoms with Crippen molar-refractivity contribution >= 4 is 19.8 Å². The second-order valence-electron chi connectivity index (χ2n) is 11.1. The highest BCUT2D eigenvalue weighted by Crippen LogP contribution is 2.43. The molecule has 0 aromatic heterocycles. The van der Waals surface area contributed by atoms with Crippen LogP contribution in [-0.4, -0.2) is 74.9 Å². The van der Waals surface area contributed by atoms with Gasteiger partial charge in [-0.25, -0.2) is 4.57 Å². The van der Waals surface area contributed by atoms with Crippen molar-refractivity contribution in [3.63, 3.8) is 0 Å². The summed E-state index contributed by atoms with van der Waals surface area (Å²) in [6.45, 7) is 4.16. The number of likely N-dealkylation sites (N-methyl/N-ethyl adjacent to an activating group) is 1. The number of ether oxygens (including phenoxy) is 2. The first-order valence-corrected chi connectivity index (χ1v) is 16.4. The van der Waals surface area contributed by atoms with E-state index in [9.17, 15) is 19.0 Å². The summed E-state index contributed by atoms with van der Waals surface area (Å²) in [7, 11) is 1.46. The molecule has 9 nitrogen and oxygen atoms in total. The Balaban J connectivity index is 4.44. The number of nitrogens with zero attached hydrogens (tertiary/aromatic N) is 1. The van der Waals surface area contributed by atoms with Crippen LogP contribution in [0.15, 0.2) is 12.2 Å². The van der Waals surface area contributed by atoms with Crippen molar-refractivity contribution in [2.45, 2.75) is 116 Å². The van der Waals surface area contributed by atoms with Crippen molar-refractivity contribution < 1.29 is 42.1 Å². The fraction of sp³-hybridized carbons (Fsp3) is 0.862. The first-order valence-electron chi connectivity index (χ1n) is 14.9. The van der Waals surface area contributed by atoms with Crippen LogP contribution in [0, 0.1) is 0 Å².